The molecule has 0 unspecified atom stereocenters. The highest BCUT2D eigenvalue weighted by Crippen LogP contribution is 2.32. The summed E-state index contributed by atoms with van der Waals surface area (Å²) in [5.74, 6) is 3.28. The van der Waals surface area contributed by atoms with Crippen LogP contribution in [0.25, 0.3) is 0 Å². The largest absolute Gasteiger partial charge is 0.490 e. The highest BCUT2D eigenvalue weighted by Gasteiger charge is 2.15. The van der Waals surface area contributed by atoms with Crippen LogP contribution in [-0.2, 0) is 6.54 Å². The summed E-state index contributed by atoms with van der Waals surface area (Å²) in [4.78, 5) is 13.6. The van der Waals surface area contributed by atoms with Crippen LogP contribution in [0.4, 0.5) is 11.5 Å². The lowest BCUT2D eigenvalue weighted by Crippen LogP contribution is -2.44. The number of ether oxygens (including phenoxy) is 2. The van der Waals surface area contributed by atoms with Crippen molar-refractivity contribution in [1.82, 2.24) is 15.2 Å². The summed E-state index contributed by atoms with van der Waals surface area (Å²) in [7, 11) is 3.92. The van der Waals surface area contributed by atoms with Crippen LogP contribution < -0.4 is 25.0 Å². The summed E-state index contributed by atoms with van der Waals surface area (Å²) in [6.07, 6.45) is 2.77. The van der Waals surface area contributed by atoms with Crippen LogP contribution in [0.1, 0.15) is 12.0 Å². The zero-order valence-electron chi connectivity index (χ0n) is 17.7. The van der Waals surface area contributed by atoms with Crippen LogP contribution in [-0.4, -0.2) is 69.3 Å². The average molecular weight is 411 g/mol. The first kappa shape index (κ1) is 20.3. The number of benzene rings is 1. The molecule has 1 aromatic heterocycles. The number of aromatic nitrogens is 1. The SMILES string of the molecule is CN=C(NCc1ccnc(N2CCN(C)CC2)c1)Nc1ccc2c(c1)OCCCO2. The lowest BCUT2D eigenvalue weighted by atomic mass is 10.2. The molecule has 0 aliphatic carbocycles. The average Bonchev–Trinajstić information content (AvgIpc) is 3.02. The van der Waals surface area contributed by atoms with Crippen molar-refractivity contribution in [2.24, 2.45) is 4.99 Å². The van der Waals surface area contributed by atoms with Crippen molar-refractivity contribution in [3.05, 3.63) is 42.1 Å². The fourth-order valence-corrected chi connectivity index (χ4v) is 3.52. The molecule has 3 heterocycles. The summed E-state index contributed by atoms with van der Waals surface area (Å²) in [6.45, 7) is 6.16. The van der Waals surface area contributed by atoms with Gasteiger partial charge in [0.15, 0.2) is 17.5 Å². The van der Waals surface area contributed by atoms with Crippen molar-refractivity contribution in [3.63, 3.8) is 0 Å². The molecular formula is C22H30N6O2. The van der Waals surface area contributed by atoms with Gasteiger partial charge in [-0.25, -0.2) is 4.98 Å². The number of nitrogens with zero attached hydrogens (tertiary/aromatic N) is 4. The molecule has 2 aliphatic rings. The van der Waals surface area contributed by atoms with E-state index in [9.17, 15) is 0 Å². The van der Waals surface area contributed by atoms with E-state index < -0.39 is 0 Å². The Hall–Kier alpha value is -3.00. The quantitative estimate of drug-likeness (QED) is 0.591. The number of guanidine groups is 1. The third kappa shape index (κ3) is 5.13. The predicted octanol–water partition coefficient (Wildman–Crippen LogP) is 2.18. The van der Waals surface area contributed by atoms with E-state index >= 15 is 0 Å². The van der Waals surface area contributed by atoms with Gasteiger partial charge in [-0.2, -0.15) is 0 Å². The third-order valence-corrected chi connectivity index (χ3v) is 5.33. The third-order valence-electron chi connectivity index (χ3n) is 5.33. The second-order valence-electron chi connectivity index (χ2n) is 7.58. The van der Waals surface area contributed by atoms with Crippen LogP contribution in [0.15, 0.2) is 41.5 Å². The Morgan fingerprint density at radius 3 is 2.67 bits per heavy atom. The molecule has 4 rings (SSSR count). The van der Waals surface area contributed by atoms with Crippen LogP contribution in [0.5, 0.6) is 11.5 Å². The Morgan fingerprint density at radius 2 is 1.87 bits per heavy atom. The highest BCUT2D eigenvalue weighted by molar-refractivity contribution is 5.93. The van der Waals surface area contributed by atoms with Gasteiger partial charge in [0.1, 0.15) is 5.82 Å². The van der Waals surface area contributed by atoms with Crippen molar-refractivity contribution in [2.75, 3.05) is 63.7 Å². The number of hydrogen-bond donors (Lipinski definition) is 2. The Morgan fingerprint density at radius 1 is 1.07 bits per heavy atom. The van der Waals surface area contributed by atoms with E-state index in [1.54, 1.807) is 7.05 Å². The molecule has 0 amide bonds. The van der Waals surface area contributed by atoms with Gasteiger partial charge in [0.2, 0.25) is 0 Å². The first-order valence-corrected chi connectivity index (χ1v) is 10.5. The van der Waals surface area contributed by atoms with Gasteiger partial charge < -0.3 is 29.9 Å². The van der Waals surface area contributed by atoms with Gasteiger partial charge in [0.25, 0.3) is 0 Å². The van der Waals surface area contributed by atoms with Gasteiger partial charge in [-0.15, -0.1) is 0 Å². The van der Waals surface area contributed by atoms with E-state index in [2.05, 4.69) is 43.5 Å². The van der Waals surface area contributed by atoms with E-state index in [0.717, 1.165) is 55.6 Å². The molecule has 2 N–H and O–H groups in total. The number of likely N-dealkylation sites (N-methyl/N-ethyl adjacent to an activating group) is 1. The summed E-state index contributed by atoms with van der Waals surface area (Å²) in [5.41, 5.74) is 2.07. The number of hydrogen-bond acceptors (Lipinski definition) is 6. The number of nitrogens with one attached hydrogen (secondary N) is 2. The minimum atomic E-state index is 0.660. The first-order chi connectivity index (χ1) is 14.7. The molecule has 2 aromatic rings. The number of rotatable bonds is 4. The molecule has 30 heavy (non-hydrogen) atoms. The van der Waals surface area contributed by atoms with Crippen LogP contribution in [0.3, 0.4) is 0 Å². The summed E-state index contributed by atoms with van der Waals surface area (Å²) in [5, 5.41) is 6.70. The minimum absolute atomic E-state index is 0.660. The van der Waals surface area contributed by atoms with E-state index in [4.69, 9.17) is 9.47 Å². The van der Waals surface area contributed by atoms with Crippen molar-refractivity contribution < 1.29 is 9.47 Å². The maximum atomic E-state index is 5.77. The second kappa shape index (κ2) is 9.67. The molecule has 0 radical (unpaired) electrons. The maximum Gasteiger partial charge on any atom is 0.195 e. The van der Waals surface area contributed by atoms with Gasteiger partial charge in [-0.3, -0.25) is 4.99 Å². The molecular weight excluding hydrogens is 380 g/mol. The lowest BCUT2D eigenvalue weighted by Gasteiger charge is -2.33. The highest BCUT2D eigenvalue weighted by atomic mass is 16.5. The summed E-state index contributed by atoms with van der Waals surface area (Å²) >= 11 is 0. The fourth-order valence-electron chi connectivity index (χ4n) is 3.52. The van der Waals surface area contributed by atoms with E-state index in [0.29, 0.717) is 25.7 Å². The number of piperazine rings is 1. The maximum absolute atomic E-state index is 5.77. The zero-order chi connectivity index (χ0) is 20.8. The molecule has 0 atom stereocenters. The van der Waals surface area contributed by atoms with Gasteiger partial charge in [-0.1, -0.05) is 0 Å². The van der Waals surface area contributed by atoms with Crippen LogP contribution in [0, 0.1) is 0 Å². The number of pyridine rings is 1. The summed E-state index contributed by atoms with van der Waals surface area (Å²) in [6, 6.07) is 10.0. The molecule has 8 heteroatoms. The Bertz CT molecular complexity index is 880. The normalized spacial score (nSPS) is 17.4. The smallest absolute Gasteiger partial charge is 0.195 e. The monoisotopic (exact) mass is 410 g/mol. The number of anilines is 2. The van der Waals surface area contributed by atoms with Crippen molar-refractivity contribution in [1.29, 1.82) is 0 Å². The first-order valence-electron chi connectivity index (χ1n) is 10.5. The molecule has 160 valence electrons. The van der Waals surface area contributed by atoms with Gasteiger partial charge in [0.05, 0.1) is 13.2 Å². The molecule has 1 aromatic carbocycles. The van der Waals surface area contributed by atoms with Crippen molar-refractivity contribution in [3.8, 4) is 11.5 Å². The Balaban J connectivity index is 1.36. The number of fused-ring (bicyclic) bond motifs is 1. The Labute approximate surface area is 177 Å². The van der Waals surface area contributed by atoms with E-state index in [1.807, 2.05) is 30.5 Å². The van der Waals surface area contributed by atoms with Gasteiger partial charge >= 0.3 is 0 Å². The number of aliphatic imine (C=N–C) groups is 1. The zero-order valence-corrected chi connectivity index (χ0v) is 17.7. The van der Waals surface area contributed by atoms with Crippen molar-refractivity contribution >= 4 is 17.5 Å². The summed E-state index contributed by atoms with van der Waals surface area (Å²) < 4.78 is 11.5. The molecule has 1 fully saturated rings. The van der Waals surface area contributed by atoms with Crippen molar-refractivity contribution in [2.45, 2.75) is 13.0 Å². The van der Waals surface area contributed by atoms with Gasteiger partial charge in [-0.05, 0) is 36.9 Å². The lowest BCUT2D eigenvalue weighted by molar-refractivity contribution is 0.297. The topological polar surface area (TPSA) is 74.3 Å². The van der Waals surface area contributed by atoms with E-state index in [-0.39, 0.29) is 0 Å². The Kier molecular flexibility index (Phi) is 6.53. The predicted molar refractivity (Wildman–Crippen MR) is 120 cm³/mol. The molecule has 0 spiro atoms. The van der Waals surface area contributed by atoms with Gasteiger partial charge in [0, 0.05) is 64.1 Å². The van der Waals surface area contributed by atoms with Crippen LogP contribution in [0.2, 0.25) is 0 Å². The second-order valence-corrected chi connectivity index (χ2v) is 7.58. The molecule has 1 saturated heterocycles. The standard InChI is InChI=1S/C22H30N6O2/c1-23-22(26-18-4-5-19-20(15-18)30-13-3-12-29-19)25-16-17-6-7-24-21(14-17)28-10-8-27(2)9-11-28/h4-7,14-15H,3,8-13,16H2,1-2H3,(H2,23,25,26). The molecule has 2 aliphatic heterocycles. The molecule has 8 nitrogen and oxygen atoms in total. The van der Waals surface area contributed by atoms with E-state index in [1.165, 1.54) is 5.56 Å². The van der Waals surface area contributed by atoms with Crippen LogP contribution >= 0.6 is 0 Å². The molecule has 0 saturated carbocycles. The molecule has 0 bridgehead atoms. The fraction of sp³-hybridized carbons (Fsp3) is 0.455. The minimum Gasteiger partial charge on any atom is -0.490 e.